The summed E-state index contributed by atoms with van der Waals surface area (Å²) in [5.74, 6) is -1.02. The Morgan fingerprint density at radius 1 is 0.339 bits per heavy atom. The van der Waals surface area contributed by atoms with Crippen LogP contribution in [0.25, 0.3) is 0 Å². The zero-order valence-corrected chi connectivity index (χ0v) is 40.4. The first-order valence-corrected chi connectivity index (χ1v) is 25.6. The Kier molecular flexibility index (Phi) is 47.5. The molecule has 0 fully saturated rings. The minimum atomic E-state index is -0.814. The summed E-state index contributed by atoms with van der Waals surface area (Å²) in [4.78, 5) is 37.9. The lowest BCUT2D eigenvalue weighted by atomic mass is 10.1. The highest BCUT2D eigenvalue weighted by molar-refractivity contribution is 5.71. The molecule has 0 bridgehead atoms. The van der Waals surface area contributed by atoms with Crippen molar-refractivity contribution in [1.82, 2.24) is 0 Å². The molecule has 0 N–H and O–H groups in total. The number of rotatable bonds is 45. The van der Waals surface area contributed by atoms with Crippen LogP contribution < -0.4 is 0 Å². The molecule has 0 heterocycles. The average molecular weight is 863 g/mol. The molecule has 0 aliphatic heterocycles. The molecular weight excluding hydrogens is 769 g/mol. The highest BCUT2D eigenvalue weighted by Gasteiger charge is 2.19. The third-order valence-electron chi connectivity index (χ3n) is 10.6. The van der Waals surface area contributed by atoms with Crippen molar-refractivity contribution >= 4 is 17.9 Å². The van der Waals surface area contributed by atoms with Crippen molar-refractivity contribution in [2.24, 2.45) is 0 Å². The van der Waals surface area contributed by atoms with Crippen molar-refractivity contribution in [2.45, 2.75) is 239 Å². The van der Waals surface area contributed by atoms with E-state index in [1.807, 2.05) is 12.2 Å². The fraction of sp³-hybridized carbons (Fsp3) is 0.696. The van der Waals surface area contributed by atoms with E-state index in [1.165, 1.54) is 103 Å². The molecule has 6 heteroatoms. The van der Waals surface area contributed by atoms with Gasteiger partial charge in [-0.3, -0.25) is 14.4 Å². The molecule has 0 aromatic carbocycles. The van der Waals surface area contributed by atoms with E-state index in [4.69, 9.17) is 14.2 Å². The van der Waals surface area contributed by atoms with Crippen molar-refractivity contribution in [2.75, 3.05) is 13.2 Å². The summed E-state index contributed by atoms with van der Waals surface area (Å²) in [6.45, 7) is 6.41. The Balaban J connectivity index is 4.52. The fourth-order valence-electron chi connectivity index (χ4n) is 6.77. The van der Waals surface area contributed by atoms with Crippen molar-refractivity contribution in [3.63, 3.8) is 0 Å². The van der Waals surface area contributed by atoms with Gasteiger partial charge in [0.15, 0.2) is 6.10 Å². The van der Waals surface area contributed by atoms with Gasteiger partial charge in [-0.2, -0.15) is 0 Å². The molecule has 0 aromatic rings. The van der Waals surface area contributed by atoms with Gasteiger partial charge < -0.3 is 14.2 Å². The number of hydrogen-bond acceptors (Lipinski definition) is 6. The highest BCUT2D eigenvalue weighted by Crippen LogP contribution is 2.13. The van der Waals surface area contributed by atoms with E-state index in [9.17, 15) is 14.4 Å². The molecule has 354 valence electrons. The zero-order valence-electron chi connectivity index (χ0n) is 40.4. The lowest BCUT2D eigenvalue weighted by molar-refractivity contribution is -0.166. The Bertz CT molecular complexity index is 1220. The third-order valence-corrected chi connectivity index (χ3v) is 10.6. The van der Waals surface area contributed by atoms with Gasteiger partial charge in [-0.25, -0.2) is 0 Å². The zero-order chi connectivity index (χ0) is 45.1. The summed E-state index contributed by atoms with van der Waals surface area (Å²) in [5, 5.41) is 0. The van der Waals surface area contributed by atoms with E-state index >= 15 is 0 Å². The minimum Gasteiger partial charge on any atom is -0.462 e. The summed E-state index contributed by atoms with van der Waals surface area (Å²) < 4.78 is 16.7. The van der Waals surface area contributed by atoms with E-state index in [2.05, 4.69) is 93.7 Å². The van der Waals surface area contributed by atoms with Gasteiger partial charge in [-0.15, -0.1) is 0 Å². The predicted octanol–water partition coefficient (Wildman–Crippen LogP) is 16.8. The van der Waals surface area contributed by atoms with Crippen molar-refractivity contribution in [3.8, 4) is 0 Å². The van der Waals surface area contributed by atoms with Crippen LogP contribution in [0.4, 0.5) is 0 Å². The summed E-state index contributed by atoms with van der Waals surface area (Å²) in [6.07, 6.45) is 64.3. The Morgan fingerprint density at radius 2 is 0.661 bits per heavy atom. The first-order chi connectivity index (χ1) is 30.5. The number of carbonyl (C=O) groups is 3. The van der Waals surface area contributed by atoms with E-state index in [1.54, 1.807) is 0 Å². The van der Waals surface area contributed by atoms with Crippen LogP contribution in [0.1, 0.15) is 233 Å². The van der Waals surface area contributed by atoms with E-state index in [-0.39, 0.29) is 37.5 Å². The first kappa shape index (κ1) is 58.6. The molecule has 0 aliphatic rings. The van der Waals surface area contributed by atoms with Gasteiger partial charge in [0, 0.05) is 19.3 Å². The number of carbonyl (C=O) groups excluding carboxylic acids is 3. The molecule has 0 rings (SSSR count). The Hall–Kier alpha value is -3.41. The van der Waals surface area contributed by atoms with Gasteiger partial charge in [-0.1, -0.05) is 196 Å². The second-order valence-electron chi connectivity index (χ2n) is 16.7. The SMILES string of the molecule is CC/C=C\C/C=C\C/C=C\C/C=C\C/C=C\CCC(=O)OCC(COC(=O)CCCCC/C=C\CCCCCCCC)OC(=O)CCCCCCCCC/C=C\CCCCCC. The van der Waals surface area contributed by atoms with E-state index in [0.29, 0.717) is 19.3 Å². The van der Waals surface area contributed by atoms with Gasteiger partial charge in [0.1, 0.15) is 13.2 Å². The third kappa shape index (κ3) is 47.6. The minimum absolute atomic E-state index is 0.109. The topological polar surface area (TPSA) is 78.9 Å². The number of allylic oxidation sites excluding steroid dienone is 14. The normalized spacial score (nSPS) is 12.8. The maximum absolute atomic E-state index is 12.8. The quantitative estimate of drug-likeness (QED) is 0.0263. The molecule has 62 heavy (non-hydrogen) atoms. The molecule has 1 atom stereocenters. The highest BCUT2D eigenvalue weighted by atomic mass is 16.6. The summed E-state index contributed by atoms with van der Waals surface area (Å²) in [6, 6.07) is 0. The van der Waals surface area contributed by atoms with Gasteiger partial charge in [0.2, 0.25) is 0 Å². The molecule has 1 unspecified atom stereocenters. The maximum Gasteiger partial charge on any atom is 0.306 e. The molecule has 0 saturated heterocycles. The van der Waals surface area contributed by atoms with Gasteiger partial charge in [0.25, 0.3) is 0 Å². The predicted molar refractivity (Wildman–Crippen MR) is 265 cm³/mol. The lowest BCUT2D eigenvalue weighted by Crippen LogP contribution is -2.30. The second kappa shape index (κ2) is 50.2. The maximum atomic E-state index is 12.8. The monoisotopic (exact) mass is 863 g/mol. The van der Waals surface area contributed by atoms with Crippen molar-refractivity contribution < 1.29 is 28.6 Å². The number of unbranched alkanes of at least 4 members (excludes halogenated alkanes) is 20. The van der Waals surface area contributed by atoms with Crippen LogP contribution in [0.2, 0.25) is 0 Å². The van der Waals surface area contributed by atoms with Crippen molar-refractivity contribution in [3.05, 3.63) is 85.1 Å². The van der Waals surface area contributed by atoms with Crippen LogP contribution in [-0.2, 0) is 28.6 Å². The van der Waals surface area contributed by atoms with Crippen LogP contribution in [0, 0.1) is 0 Å². The summed E-state index contributed by atoms with van der Waals surface area (Å²) in [5.41, 5.74) is 0. The number of hydrogen-bond donors (Lipinski definition) is 0. The summed E-state index contributed by atoms with van der Waals surface area (Å²) >= 11 is 0. The second-order valence-corrected chi connectivity index (χ2v) is 16.7. The fourth-order valence-corrected chi connectivity index (χ4v) is 6.77. The van der Waals surface area contributed by atoms with Crippen LogP contribution in [0.15, 0.2) is 85.1 Å². The molecule has 0 saturated carbocycles. The molecule has 0 aromatic heterocycles. The van der Waals surface area contributed by atoms with Crippen LogP contribution >= 0.6 is 0 Å². The lowest BCUT2D eigenvalue weighted by Gasteiger charge is -2.18. The molecule has 0 radical (unpaired) electrons. The smallest absolute Gasteiger partial charge is 0.306 e. The molecule has 0 aliphatic carbocycles. The molecule has 0 amide bonds. The van der Waals surface area contributed by atoms with Gasteiger partial charge in [-0.05, 0) is 103 Å². The Morgan fingerprint density at radius 3 is 1.11 bits per heavy atom. The number of esters is 3. The molecular formula is C56H94O6. The number of ether oxygens (including phenoxy) is 3. The molecule has 6 nitrogen and oxygen atoms in total. The van der Waals surface area contributed by atoms with Gasteiger partial charge >= 0.3 is 17.9 Å². The average Bonchev–Trinajstić information content (AvgIpc) is 3.27. The largest absolute Gasteiger partial charge is 0.462 e. The Labute approximate surface area is 382 Å². The first-order valence-electron chi connectivity index (χ1n) is 25.6. The van der Waals surface area contributed by atoms with E-state index in [0.717, 1.165) is 83.5 Å². The molecule has 0 spiro atoms. The van der Waals surface area contributed by atoms with Crippen LogP contribution in [-0.4, -0.2) is 37.2 Å². The standard InChI is InChI=1S/C56H94O6/c1-4-7-10-13-16-19-22-25-27-29-31-34-37-40-43-46-49-55(58)61-52-53(51-60-54(57)48-45-42-39-36-33-30-24-21-18-15-12-9-6-3)62-56(59)50-47-44-41-38-35-32-28-26-23-20-17-14-11-8-5-2/h7,10,16,19-20,23,25,27,30-31,33-34,40,43,53H,4-6,8-9,11-15,17-18,21-22,24,26,28-29,32,35-39,41-42,44-52H2,1-3H3/b10-7-,19-16-,23-20-,27-25-,33-30-,34-31-,43-40-. The van der Waals surface area contributed by atoms with Gasteiger partial charge in [0.05, 0.1) is 0 Å². The van der Waals surface area contributed by atoms with Crippen LogP contribution in [0.5, 0.6) is 0 Å². The summed E-state index contributed by atoms with van der Waals surface area (Å²) in [7, 11) is 0. The van der Waals surface area contributed by atoms with Crippen LogP contribution in [0.3, 0.4) is 0 Å². The van der Waals surface area contributed by atoms with Crippen molar-refractivity contribution in [1.29, 1.82) is 0 Å². The van der Waals surface area contributed by atoms with E-state index < -0.39 is 6.10 Å².